The second-order valence-electron chi connectivity index (χ2n) is 5.83. The van der Waals surface area contributed by atoms with E-state index in [0.717, 1.165) is 12.1 Å². The van der Waals surface area contributed by atoms with Crippen molar-refractivity contribution in [2.45, 2.75) is 18.7 Å². The largest absolute Gasteiger partial charge is 0.459 e. The zero-order valence-corrected chi connectivity index (χ0v) is 14.6. The molecule has 1 unspecified atom stereocenters. The van der Waals surface area contributed by atoms with E-state index in [2.05, 4.69) is 10.2 Å². The molecule has 0 aliphatic rings. The molecule has 3 rings (SSSR count). The third-order valence-electron chi connectivity index (χ3n) is 3.99. The summed E-state index contributed by atoms with van der Waals surface area (Å²) in [5.74, 6) is 0. The molecule has 0 radical (unpaired) electrons. The molecule has 0 fully saturated rings. The Morgan fingerprint density at radius 3 is 2.52 bits per heavy atom. The zero-order valence-electron chi connectivity index (χ0n) is 13.8. The van der Waals surface area contributed by atoms with Gasteiger partial charge in [-0.25, -0.2) is 0 Å². The summed E-state index contributed by atoms with van der Waals surface area (Å²) in [6.45, 7) is 0.356. The molecule has 1 atom stereocenters. The number of alkyl halides is 3. The van der Waals surface area contributed by atoms with E-state index in [1.54, 1.807) is 30.3 Å². The van der Waals surface area contributed by atoms with Gasteiger partial charge in [0.2, 0.25) is 0 Å². The van der Waals surface area contributed by atoms with E-state index in [0.29, 0.717) is 34.0 Å². The van der Waals surface area contributed by atoms with E-state index in [9.17, 15) is 18.0 Å². The van der Waals surface area contributed by atoms with Crippen LogP contribution in [0.4, 0.5) is 13.2 Å². The predicted molar refractivity (Wildman–Crippen MR) is 94.1 cm³/mol. The normalized spacial score (nSPS) is 12.6. The minimum Gasteiger partial charge on any atom is -0.459 e. The first-order valence-electron chi connectivity index (χ1n) is 7.93. The molecule has 140 valence electrons. The van der Waals surface area contributed by atoms with Crippen LogP contribution in [-0.2, 0) is 22.1 Å². The van der Waals surface area contributed by atoms with Gasteiger partial charge in [0.1, 0.15) is 6.10 Å². The second-order valence-corrected chi connectivity index (χ2v) is 6.26. The second kappa shape index (κ2) is 7.84. The molecule has 0 amide bonds. The highest BCUT2D eigenvalue weighted by Crippen LogP contribution is 2.31. The number of carbonyl (C=O) groups is 1. The van der Waals surface area contributed by atoms with E-state index in [1.165, 1.54) is 12.1 Å². The Morgan fingerprint density at radius 2 is 1.89 bits per heavy atom. The number of rotatable bonds is 6. The molecule has 0 aliphatic carbocycles. The Bertz CT molecular complexity index is 923. The number of nitrogens with zero attached hydrogens (tertiary/aromatic N) is 1. The fourth-order valence-corrected chi connectivity index (χ4v) is 2.86. The van der Waals surface area contributed by atoms with Gasteiger partial charge in [0, 0.05) is 11.4 Å². The van der Waals surface area contributed by atoms with Gasteiger partial charge in [-0.15, -0.1) is 0 Å². The lowest BCUT2D eigenvalue weighted by Gasteiger charge is -2.14. The molecule has 3 aromatic rings. The van der Waals surface area contributed by atoms with Gasteiger partial charge in [-0.3, -0.25) is 9.89 Å². The van der Waals surface area contributed by atoms with Crippen molar-refractivity contribution in [1.29, 1.82) is 0 Å². The van der Waals surface area contributed by atoms with Crippen LogP contribution in [0.15, 0.2) is 54.6 Å². The van der Waals surface area contributed by atoms with Gasteiger partial charge in [0.25, 0.3) is 6.47 Å². The molecule has 0 bridgehead atoms. The summed E-state index contributed by atoms with van der Waals surface area (Å²) in [4.78, 5) is 10.8. The standard InChI is InChI=1S/C19H14ClF3N2O2/c20-15-3-1-2-13(8-15)18(27-11-26)10-16-9-17(25-24-16)12-4-6-14(7-5-12)19(21,22)23/h1-9,11,18H,10H2,(H,24,25). The van der Waals surface area contributed by atoms with Crippen LogP contribution in [0.5, 0.6) is 0 Å². The third kappa shape index (κ3) is 4.68. The molecule has 8 heteroatoms. The van der Waals surface area contributed by atoms with Gasteiger partial charge < -0.3 is 4.74 Å². The Balaban J connectivity index is 1.79. The van der Waals surface area contributed by atoms with Crippen LogP contribution in [0, 0.1) is 0 Å². The Labute approximate surface area is 157 Å². The number of carbonyl (C=O) groups excluding carboxylic acids is 1. The fraction of sp³-hybridized carbons (Fsp3) is 0.158. The number of aromatic nitrogens is 2. The van der Waals surface area contributed by atoms with Crippen molar-refractivity contribution in [2.24, 2.45) is 0 Å². The van der Waals surface area contributed by atoms with Gasteiger partial charge in [0.05, 0.1) is 17.0 Å². The maximum atomic E-state index is 12.7. The van der Waals surface area contributed by atoms with E-state index in [1.807, 2.05) is 0 Å². The third-order valence-corrected chi connectivity index (χ3v) is 4.22. The van der Waals surface area contributed by atoms with Crippen LogP contribution in [0.3, 0.4) is 0 Å². The lowest BCUT2D eigenvalue weighted by Crippen LogP contribution is -2.07. The summed E-state index contributed by atoms with van der Waals surface area (Å²) < 4.78 is 43.1. The molecule has 1 aromatic heterocycles. The van der Waals surface area contributed by atoms with Crippen molar-refractivity contribution >= 4 is 18.1 Å². The number of hydrogen-bond donors (Lipinski definition) is 1. The highest BCUT2D eigenvalue weighted by molar-refractivity contribution is 6.30. The smallest absolute Gasteiger partial charge is 0.416 e. The predicted octanol–water partition coefficient (Wildman–Crippen LogP) is 5.21. The van der Waals surface area contributed by atoms with Gasteiger partial charge in [0.15, 0.2) is 0 Å². The highest BCUT2D eigenvalue weighted by atomic mass is 35.5. The van der Waals surface area contributed by atoms with E-state index in [4.69, 9.17) is 16.3 Å². The number of benzene rings is 2. The van der Waals surface area contributed by atoms with E-state index >= 15 is 0 Å². The number of ether oxygens (including phenoxy) is 1. The molecule has 0 aliphatic heterocycles. The van der Waals surface area contributed by atoms with Crippen LogP contribution < -0.4 is 0 Å². The van der Waals surface area contributed by atoms with E-state index in [-0.39, 0.29) is 6.42 Å². The average Bonchev–Trinajstić information content (AvgIpc) is 3.09. The fourth-order valence-electron chi connectivity index (χ4n) is 2.66. The zero-order chi connectivity index (χ0) is 19.4. The first kappa shape index (κ1) is 19.0. The van der Waals surface area contributed by atoms with E-state index < -0.39 is 17.8 Å². The van der Waals surface area contributed by atoms with Crippen molar-refractivity contribution in [3.05, 3.63) is 76.4 Å². The lowest BCUT2D eigenvalue weighted by molar-refractivity contribution is -0.137. The van der Waals surface area contributed by atoms with Gasteiger partial charge >= 0.3 is 6.18 Å². The maximum absolute atomic E-state index is 12.7. The molecular weight excluding hydrogens is 381 g/mol. The van der Waals surface area contributed by atoms with Gasteiger partial charge in [-0.2, -0.15) is 18.3 Å². The molecular formula is C19H14ClF3N2O2. The summed E-state index contributed by atoms with van der Waals surface area (Å²) in [7, 11) is 0. The van der Waals surface area contributed by atoms with Crippen molar-refractivity contribution in [2.75, 3.05) is 0 Å². The van der Waals surface area contributed by atoms with Crippen LogP contribution in [0.2, 0.25) is 5.02 Å². The number of H-pyrrole nitrogens is 1. The molecule has 0 saturated heterocycles. The van der Waals surface area contributed by atoms with Crippen LogP contribution in [0.1, 0.15) is 22.9 Å². The minimum atomic E-state index is -4.38. The van der Waals surface area contributed by atoms with Crippen LogP contribution in [0.25, 0.3) is 11.3 Å². The maximum Gasteiger partial charge on any atom is 0.416 e. The molecule has 0 spiro atoms. The lowest BCUT2D eigenvalue weighted by atomic mass is 10.0. The topological polar surface area (TPSA) is 55.0 Å². The molecule has 4 nitrogen and oxygen atoms in total. The SMILES string of the molecule is O=COC(Cc1cc(-c2ccc(C(F)(F)F)cc2)[nH]n1)c1cccc(Cl)c1. The van der Waals surface area contributed by atoms with Crippen LogP contribution >= 0.6 is 11.6 Å². The molecule has 0 saturated carbocycles. The number of halogens is 4. The summed E-state index contributed by atoms with van der Waals surface area (Å²) in [5.41, 5.74) is 1.73. The van der Waals surface area contributed by atoms with Gasteiger partial charge in [-0.05, 0) is 41.5 Å². The first-order chi connectivity index (χ1) is 12.9. The monoisotopic (exact) mass is 394 g/mol. The number of aromatic amines is 1. The highest BCUT2D eigenvalue weighted by Gasteiger charge is 2.30. The van der Waals surface area contributed by atoms with Crippen LogP contribution in [-0.4, -0.2) is 16.7 Å². The molecule has 2 aromatic carbocycles. The summed E-state index contributed by atoms with van der Waals surface area (Å²) in [5, 5.41) is 7.46. The summed E-state index contributed by atoms with van der Waals surface area (Å²) >= 11 is 5.98. The van der Waals surface area contributed by atoms with Crippen molar-refractivity contribution < 1.29 is 22.7 Å². The Hall–Kier alpha value is -2.80. The number of nitrogens with one attached hydrogen (secondary N) is 1. The molecule has 1 N–H and O–H groups in total. The Kier molecular flexibility index (Phi) is 5.51. The van der Waals surface area contributed by atoms with Crippen molar-refractivity contribution in [3.63, 3.8) is 0 Å². The summed E-state index contributed by atoms with van der Waals surface area (Å²) in [6, 6.07) is 13.4. The first-order valence-corrected chi connectivity index (χ1v) is 8.31. The molecule has 27 heavy (non-hydrogen) atoms. The average molecular weight is 395 g/mol. The number of hydrogen-bond acceptors (Lipinski definition) is 3. The molecule has 1 heterocycles. The van der Waals surface area contributed by atoms with Crippen molar-refractivity contribution in [3.8, 4) is 11.3 Å². The minimum absolute atomic E-state index is 0.288. The van der Waals surface area contributed by atoms with Gasteiger partial charge in [-0.1, -0.05) is 35.9 Å². The quantitative estimate of drug-likeness (QED) is 0.584. The summed E-state index contributed by atoms with van der Waals surface area (Å²) in [6.07, 6.45) is -4.67. The Morgan fingerprint density at radius 1 is 1.15 bits per heavy atom. The van der Waals surface area contributed by atoms with Crippen molar-refractivity contribution in [1.82, 2.24) is 10.2 Å².